The van der Waals surface area contributed by atoms with Gasteiger partial charge in [-0.3, -0.25) is 9.59 Å². The van der Waals surface area contributed by atoms with Crippen LogP contribution in [0.5, 0.6) is 5.75 Å². The van der Waals surface area contributed by atoms with Crippen molar-refractivity contribution in [3.05, 3.63) is 66.0 Å². The van der Waals surface area contributed by atoms with Gasteiger partial charge in [-0.25, -0.2) is 4.68 Å². The fourth-order valence-electron chi connectivity index (χ4n) is 4.90. The Balaban J connectivity index is 1.33. The minimum absolute atomic E-state index is 0.000405. The van der Waals surface area contributed by atoms with Crippen molar-refractivity contribution < 1.29 is 14.3 Å². The lowest BCUT2D eigenvalue weighted by molar-refractivity contribution is -0.139. The zero-order valence-electron chi connectivity index (χ0n) is 20.2. The maximum atomic E-state index is 13.2. The molecule has 0 bridgehead atoms. The van der Waals surface area contributed by atoms with E-state index in [4.69, 9.17) is 4.74 Å². The van der Waals surface area contributed by atoms with Crippen molar-refractivity contribution in [2.24, 2.45) is 0 Å². The summed E-state index contributed by atoms with van der Waals surface area (Å²) in [5, 5.41) is 7.68. The van der Waals surface area contributed by atoms with Crippen LogP contribution in [0.4, 0.5) is 11.4 Å². The Kier molecular flexibility index (Phi) is 6.44. The van der Waals surface area contributed by atoms with Gasteiger partial charge in [-0.2, -0.15) is 5.10 Å². The van der Waals surface area contributed by atoms with E-state index >= 15 is 0 Å². The topological polar surface area (TPSA) is 79.7 Å². The van der Waals surface area contributed by atoms with Crippen molar-refractivity contribution in [2.45, 2.75) is 39.2 Å². The molecular weight excluding hydrogens is 442 g/mol. The minimum atomic E-state index is -0.625. The number of aromatic nitrogens is 2. The van der Waals surface area contributed by atoms with Crippen molar-refractivity contribution in [2.75, 3.05) is 36.4 Å². The molecule has 5 rings (SSSR count). The molecule has 1 fully saturated rings. The number of hydrogen-bond donors (Lipinski definition) is 1. The first kappa shape index (κ1) is 23.0. The van der Waals surface area contributed by atoms with E-state index in [-0.39, 0.29) is 18.4 Å². The van der Waals surface area contributed by atoms with E-state index in [1.54, 1.807) is 0 Å². The lowest BCUT2D eigenvalue weighted by Crippen LogP contribution is -2.52. The maximum absolute atomic E-state index is 13.2. The molecule has 2 amide bonds. The maximum Gasteiger partial charge on any atom is 0.265 e. The normalized spacial score (nSPS) is 17.5. The molecule has 2 aliphatic rings. The van der Waals surface area contributed by atoms with E-state index in [1.165, 1.54) is 0 Å². The number of rotatable bonds is 5. The van der Waals surface area contributed by atoms with Crippen LogP contribution in [0.2, 0.25) is 0 Å². The molecule has 0 radical (unpaired) electrons. The number of carbonyl (C=O) groups excluding carboxylic acids is 2. The Hall–Kier alpha value is -3.81. The monoisotopic (exact) mass is 473 g/mol. The third-order valence-electron chi connectivity index (χ3n) is 6.70. The number of ether oxygens (including phenoxy) is 1. The fourth-order valence-corrected chi connectivity index (χ4v) is 4.90. The van der Waals surface area contributed by atoms with Gasteiger partial charge in [0, 0.05) is 13.1 Å². The predicted molar refractivity (Wildman–Crippen MR) is 135 cm³/mol. The lowest BCUT2D eigenvalue weighted by atomic mass is 10.1. The summed E-state index contributed by atoms with van der Waals surface area (Å²) in [6.07, 6.45) is 2.58. The number of nitrogens with one attached hydrogen (secondary N) is 1. The summed E-state index contributed by atoms with van der Waals surface area (Å²) in [6, 6.07) is 17.4. The Morgan fingerprint density at radius 3 is 2.49 bits per heavy atom. The van der Waals surface area contributed by atoms with Crippen LogP contribution in [-0.4, -0.2) is 58.8 Å². The van der Waals surface area contributed by atoms with Crippen LogP contribution in [0, 0.1) is 13.8 Å². The number of amides is 2. The van der Waals surface area contributed by atoms with Crippen molar-refractivity contribution in [1.29, 1.82) is 0 Å². The molecule has 0 saturated carbocycles. The van der Waals surface area contributed by atoms with Crippen LogP contribution in [0.1, 0.15) is 30.7 Å². The van der Waals surface area contributed by atoms with Crippen LogP contribution in [0.3, 0.4) is 0 Å². The highest BCUT2D eigenvalue weighted by molar-refractivity contribution is 5.96. The molecule has 0 unspecified atom stereocenters. The number of aryl methyl sites for hydroxylation is 1. The van der Waals surface area contributed by atoms with Crippen molar-refractivity contribution in [3.63, 3.8) is 0 Å². The number of para-hydroxylation sites is 3. The number of likely N-dealkylation sites (tertiary alicyclic amines) is 1. The molecule has 2 aliphatic heterocycles. The molecular formula is C27H31N5O3. The molecule has 3 heterocycles. The van der Waals surface area contributed by atoms with Crippen LogP contribution in [0.15, 0.2) is 54.6 Å². The molecule has 1 N–H and O–H groups in total. The minimum Gasteiger partial charge on any atom is -0.477 e. The summed E-state index contributed by atoms with van der Waals surface area (Å²) < 4.78 is 7.93. The Bertz CT molecular complexity index is 1220. The number of piperidine rings is 1. The van der Waals surface area contributed by atoms with Crippen molar-refractivity contribution in [3.8, 4) is 11.4 Å². The number of carbonyl (C=O) groups is 2. The van der Waals surface area contributed by atoms with E-state index < -0.39 is 6.10 Å². The Morgan fingerprint density at radius 1 is 1.00 bits per heavy atom. The number of nitrogens with zero attached hydrogens (tertiary/aromatic N) is 4. The van der Waals surface area contributed by atoms with E-state index in [0.29, 0.717) is 18.0 Å². The van der Waals surface area contributed by atoms with E-state index in [2.05, 4.69) is 10.4 Å². The highest BCUT2D eigenvalue weighted by atomic mass is 16.5. The summed E-state index contributed by atoms with van der Waals surface area (Å²) in [5.74, 6) is 0.469. The zero-order chi connectivity index (χ0) is 24.4. The third kappa shape index (κ3) is 4.73. The predicted octanol–water partition coefficient (Wildman–Crippen LogP) is 3.71. The number of anilines is 2. The summed E-state index contributed by atoms with van der Waals surface area (Å²) in [7, 11) is 0. The highest BCUT2D eigenvalue weighted by Gasteiger charge is 2.34. The van der Waals surface area contributed by atoms with E-state index in [1.807, 2.05) is 82.9 Å². The van der Waals surface area contributed by atoms with Crippen LogP contribution >= 0.6 is 0 Å². The largest absolute Gasteiger partial charge is 0.477 e. The molecule has 1 atom stereocenters. The summed E-state index contributed by atoms with van der Waals surface area (Å²) in [5.41, 5.74) is 4.08. The first-order valence-electron chi connectivity index (χ1n) is 12.2. The number of fused-ring (bicyclic) bond motifs is 1. The average Bonchev–Trinajstić information content (AvgIpc) is 3.17. The highest BCUT2D eigenvalue weighted by Crippen LogP contribution is 2.34. The van der Waals surface area contributed by atoms with Gasteiger partial charge < -0.3 is 19.9 Å². The van der Waals surface area contributed by atoms with Gasteiger partial charge in [-0.1, -0.05) is 30.3 Å². The molecule has 0 spiro atoms. The van der Waals surface area contributed by atoms with Crippen molar-refractivity contribution >= 4 is 23.2 Å². The Morgan fingerprint density at radius 2 is 1.71 bits per heavy atom. The van der Waals surface area contributed by atoms with Gasteiger partial charge in [0.15, 0.2) is 6.10 Å². The van der Waals surface area contributed by atoms with Gasteiger partial charge in [0.1, 0.15) is 5.75 Å². The van der Waals surface area contributed by atoms with Crippen LogP contribution < -0.4 is 15.0 Å². The second-order valence-corrected chi connectivity index (χ2v) is 9.18. The molecule has 8 heteroatoms. The van der Waals surface area contributed by atoms with E-state index in [0.717, 1.165) is 55.1 Å². The van der Waals surface area contributed by atoms with Crippen LogP contribution in [-0.2, 0) is 9.59 Å². The molecule has 182 valence electrons. The molecule has 0 aliphatic carbocycles. The SMILES string of the molecule is Cc1nn(-c2ccccc2)c(C)c1NC(=O)CN1C[C@@H](C(=O)N2CCCCC2)Oc2ccccc21. The zero-order valence-corrected chi connectivity index (χ0v) is 20.2. The molecule has 2 aromatic carbocycles. The quantitative estimate of drug-likeness (QED) is 0.611. The first-order valence-corrected chi connectivity index (χ1v) is 12.2. The van der Waals surface area contributed by atoms with Gasteiger partial charge in [-0.15, -0.1) is 0 Å². The molecule has 3 aromatic rings. The summed E-state index contributed by atoms with van der Waals surface area (Å²) in [4.78, 5) is 30.2. The molecule has 35 heavy (non-hydrogen) atoms. The number of hydrogen-bond acceptors (Lipinski definition) is 5. The average molecular weight is 474 g/mol. The van der Waals surface area contributed by atoms with Gasteiger partial charge in [-0.05, 0) is 57.4 Å². The standard InChI is InChI=1S/C27H31N5O3/c1-19-26(20(2)32(29-19)21-11-5-3-6-12-21)28-25(33)18-31-17-24(27(34)30-15-9-4-10-16-30)35-23-14-8-7-13-22(23)31/h3,5-8,11-14,24H,4,9-10,15-18H2,1-2H3,(H,28,33)/t24-/m0/s1. The molecule has 8 nitrogen and oxygen atoms in total. The summed E-state index contributed by atoms with van der Waals surface area (Å²) >= 11 is 0. The third-order valence-corrected chi connectivity index (χ3v) is 6.70. The van der Waals surface area contributed by atoms with E-state index in [9.17, 15) is 9.59 Å². The smallest absolute Gasteiger partial charge is 0.265 e. The van der Waals surface area contributed by atoms with Gasteiger partial charge in [0.2, 0.25) is 5.91 Å². The number of benzene rings is 2. The lowest BCUT2D eigenvalue weighted by Gasteiger charge is -2.38. The molecule has 1 saturated heterocycles. The molecule has 1 aromatic heterocycles. The second-order valence-electron chi connectivity index (χ2n) is 9.18. The van der Waals surface area contributed by atoms with Crippen LogP contribution in [0.25, 0.3) is 5.69 Å². The van der Waals surface area contributed by atoms with Crippen molar-refractivity contribution in [1.82, 2.24) is 14.7 Å². The van der Waals surface area contributed by atoms with Gasteiger partial charge in [0.05, 0.1) is 41.5 Å². The van der Waals surface area contributed by atoms with Gasteiger partial charge in [0.25, 0.3) is 5.91 Å². The fraction of sp³-hybridized carbons (Fsp3) is 0.370. The second kappa shape index (κ2) is 9.82. The Labute approximate surface area is 205 Å². The summed E-state index contributed by atoms with van der Waals surface area (Å²) in [6.45, 7) is 5.81. The first-order chi connectivity index (χ1) is 17.0. The van der Waals surface area contributed by atoms with Gasteiger partial charge >= 0.3 is 0 Å².